The van der Waals surface area contributed by atoms with Gasteiger partial charge in [0.15, 0.2) is 11.5 Å². The van der Waals surface area contributed by atoms with E-state index in [4.69, 9.17) is 9.47 Å². The van der Waals surface area contributed by atoms with Gasteiger partial charge in [0.25, 0.3) is 0 Å². The van der Waals surface area contributed by atoms with Gasteiger partial charge in [0.05, 0.1) is 12.6 Å². The molecule has 0 amide bonds. The fraction of sp³-hybridized carbons (Fsp3) is 0.125. The van der Waals surface area contributed by atoms with E-state index in [1.165, 1.54) is 0 Å². The topological polar surface area (TPSA) is 54.5 Å². The zero-order valence-electron chi connectivity index (χ0n) is 11.1. The number of benzene rings is 2. The number of phenolic OH excluding ortho intramolecular Hbond substituents is 1. The summed E-state index contributed by atoms with van der Waals surface area (Å²) in [5.74, 6) is 1.64. The minimum atomic E-state index is 0.242. The first-order chi connectivity index (χ1) is 9.79. The molecule has 2 aromatic carbocycles. The maximum atomic E-state index is 9.76. The smallest absolute Gasteiger partial charge is 0.161 e. The summed E-state index contributed by atoms with van der Waals surface area (Å²) in [6.07, 6.45) is 1.85. The van der Waals surface area contributed by atoms with E-state index in [2.05, 4.69) is 4.98 Å². The van der Waals surface area contributed by atoms with Crippen LogP contribution in [-0.4, -0.2) is 17.2 Å². The second kappa shape index (κ2) is 5.17. The summed E-state index contributed by atoms with van der Waals surface area (Å²) >= 11 is 0. The van der Waals surface area contributed by atoms with E-state index in [-0.39, 0.29) is 5.75 Å². The summed E-state index contributed by atoms with van der Waals surface area (Å²) in [5, 5.41) is 10.7. The molecular formula is C16H15NO3. The molecule has 20 heavy (non-hydrogen) atoms. The number of ether oxygens (including phenoxy) is 2. The molecule has 0 unspecified atom stereocenters. The van der Waals surface area contributed by atoms with E-state index in [9.17, 15) is 5.11 Å². The second-order valence-corrected chi connectivity index (χ2v) is 4.45. The van der Waals surface area contributed by atoms with Crippen LogP contribution >= 0.6 is 0 Å². The highest BCUT2D eigenvalue weighted by molar-refractivity contribution is 5.87. The van der Waals surface area contributed by atoms with Crippen LogP contribution in [0.1, 0.15) is 5.56 Å². The van der Waals surface area contributed by atoms with Crippen LogP contribution in [0.3, 0.4) is 0 Å². The number of phenols is 1. The molecule has 0 saturated heterocycles. The molecule has 0 atom stereocenters. The quantitative estimate of drug-likeness (QED) is 0.762. The lowest BCUT2D eigenvalue weighted by molar-refractivity contribution is 0.285. The average molecular weight is 269 g/mol. The van der Waals surface area contributed by atoms with Gasteiger partial charge in [-0.25, -0.2) is 0 Å². The minimum Gasteiger partial charge on any atom is -0.506 e. The Balaban J connectivity index is 1.85. The van der Waals surface area contributed by atoms with Crippen molar-refractivity contribution < 1.29 is 14.6 Å². The zero-order chi connectivity index (χ0) is 13.9. The van der Waals surface area contributed by atoms with Gasteiger partial charge in [-0.1, -0.05) is 24.3 Å². The average Bonchev–Trinajstić information content (AvgIpc) is 2.90. The van der Waals surface area contributed by atoms with Gasteiger partial charge < -0.3 is 19.6 Å². The molecule has 3 rings (SSSR count). The minimum absolute atomic E-state index is 0.242. The molecule has 0 aliphatic heterocycles. The van der Waals surface area contributed by atoms with Crippen LogP contribution in [0.25, 0.3) is 10.9 Å². The molecule has 1 heterocycles. The molecule has 4 nitrogen and oxygen atoms in total. The monoisotopic (exact) mass is 269 g/mol. The SMILES string of the molecule is COc1ccccc1OCc1c[nH]c2c(O)cccc12. The van der Waals surface area contributed by atoms with Crippen LogP contribution in [0, 0.1) is 0 Å². The van der Waals surface area contributed by atoms with E-state index < -0.39 is 0 Å². The van der Waals surface area contributed by atoms with Gasteiger partial charge in [-0.3, -0.25) is 0 Å². The molecule has 0 aliphatic rings. The number of aromatic amines is 1. The van der Waals surface area contributed by atoms with Gasteiger partial charge in [-0.05, 0) is 18.2 Å². The summed E-state index contributed by atoms with van der Waals surface area (Å²) in [4.78, 5) is 3.06. The number of rotatable bonds is 4. The molecule has 4 heteroatoms. The van der Waals surface area contributed by atoms with Crippen molar-refractivity contribution in [1.82, 2.24) is 4.98 Å². The molecule has 0 aliphatic carbocycles. The Morgan fingerprint density at radius 3 is 2.65 bits per heavy atom. The third-order valence-corrected chi connectivity index (χ3v) is 3.23. The third-order valence-electron chi connectivity index (χ3n) is 3.23. The maximum absolute atomic E-state index is 9.76. The first-order valence-corrected chi connectivity index (χ1v) is 6.33. The largest absolute Gasteiger partial charge is 0.506 e. The lowest BCUT2D eigenvalue weighted by Gasteiger charge is -2.09. The first-order valence-electron chi connectivity index (χ1n) is 6.33. The highest BCUT2D eigenvalue weighted by atomic mass is 16.5. The third kappa shape index (κ3) is 2.16. The van der Waals surface area contributed by atoms with Crippen molar-refractivity contribution in [3.05, 3.63) is 54.2 Å². The van der Waals surface area contributed by atoms with Gasteiger partial charge in [0.1, 0.15) is 12.4 Å². The number of aromatic hydroxyl groups is 1. The van der Waals surface area contributed by atoms with E-state index in [0.717, 1.165) is 16.5 Å². The van der Waals surface area contributed by atoms with E-state index in [1.807, 2.05) is 42.6 Å². The van der Waals surface area contributed by atoms with Gasteiger partial charge in [0.2, 0.25) is 0 Å². The predicted molar refractivity (Wildman–Crippen MR) is 77.3 cm³/mol. The van der Waals surface area contributed by atoms with Crippen LogP contribution in [-0.2, 0) is 6.61 Å². The lowest BCUT2D eigenvalue weighted by Crippen LogP contribution is -1.96. The number of methoxy groups -OCH3 is 1. The van der Waals surface area contributed by atoms with Crippen molar-refractivity contribution >= 4 is 10.9 Å². The Hall–Kier alpha value is -2.62. The molecular weight excluding hydrogens is 254 g/mol. The molecule has 0 fully saturated rings. The van der Waals surface area contributed by atoms with Gasteiger partial charge in [-0.15, -0.1) is 0 Å². The first kappa shape index (κ1) is 12.4. The van der Waals surface area contributed by atoms with Crippen molar-refractivity contribution in [3.63, 3.8) is 0 Å². The summed E-state index contributed by atoms with van der Waals surface area (Å²) in [7, 11) is 1.62. The Kier molecular flexibility index (Phi) is 3.21. The number of fused-ring (bicyclic) bond motifs is 1. The predicted octanol–water partition coefficient (Wildman–Crippen LogP) is 3.46. The van der Waals surface area contributed by atoms with Crippen LogP contribution in [0.4, 0.5) is 0 Å². The summed E-state index contributed by atoms with van der Waals surface area (Å²) in [6.45, 7) is 0.407. The number of para-hydroxylation sites is 3. The zero-order valence-corrected chi connectivity index (χ0v) is 11.1. The summed E-state index contributed by atoms with van der Waals surface area (Å²) in [5.41, 5.74) is 1.72. The molecule has 1 aromatic heterocycles. The van der Waals surface area contributed by atoms with Crippen molar-refractivity contribution in [3.8, 4) is 17.2 Å². The Labute approximate surface area is 116 Å². The van der Waals surface area contributed by atoms with Crippen LogP contribution in [0.5, 0.6) is 17.2 Å². The number of H-pyrrole nitrogens is 1. The lowest BCUT2D eigenvalue weighted by atomic mass is 10.2. The number of hydrogen-bond donors (Lipinski definition) is 2. The molecule has 2 N–H and O–H groups in total. The van der Waals surface area contributed by atoms with Crippen LogP contribution < -0.4 is 9.47 Å². The molecule has 0 saturated carbocycles. The molecule has 0 bridgehead atoms. The van der Waals surface area contributed by atoms with Crippen LogP contribution in [0.15, 0.2) is 48.7 Å². The normalized spacial score (nSPS) is 10.7. The van der Waals surface area contributed by atoms with Gasteiger partial charge in [-0.2, -0.15) is 0 Å². The number of aromatic nitrogens is 1. The van der Waals surface area contributed by atoms with Gasteiger partial charge >= 0.3 is 0 Å². The highest BCUT2D eigenvalue weighted by Crippen LogP contribution is 2.29. The second-order valence-electron chi connectivity index (χ2n) is 4.45. The molecule has 0 spiro atoms. The number of hydrogen-bond acceptors (Lipinski definition) is 3. The fourth-order valence-corrected chi connectivity index (χ4v) is 2.21. The van der Waals surface area contributed by atoms with Crippen molar-refractivity contribution in [2.24, 2.45) is 0 Å². The Bertz CT molecular complexity index is 733. The van der Waals surface area contributed by atoms with Crippen molar-refractivity contribution in [2.75, 3.05) is 7.11 Å². The fourth-order valence-electron chi connectivity index (χ4n) is 2.21. The maximum Gasteiger partial charge on any atom is 0.161 e. The van der Waals surface area contributed by atoms with Crippen molar-refractivity contribution in [1.29, 1.82) is 0 Å². The Morgan fingerprint density at radius 1 is 1.05 bits per heavy atom. The summed E-state index contributed by atoms with van der Waals surface area (Å²) < 4.78 is 11.0. The van der Waals surface area contributed by atoms with E-state index in [1.54, 1.807) is 13.2 Å². The molecule has 3 aromatic rings. The summed E-state index contributed by atoms with van der Waals surface area (Å²) in [6, 6.07) is 12.9. The standard InChI is InChI=1S/C16H15NO3/c1-19-14-7-2-3-8-15(14)20-10-11-9-17-16-12(11)5-4-6-13(16)18/h2-9,17-18H,10H2,1H3. The van der Waals surface area contributed by atoms with E-state index >= 15 is 0 Å². The Morgan fingerprint density at radius 2 is 1.85 bits per heavy atom. The highest BCUT2D eigenvalue weighted by Gasteiger charge is 2.08. The van der Waals surface area contributed by atoms with E-state index in [0.29, 0.717) is 18.1 Å². The molecule has 0 radical (unpaired) electrons. The van der Waals surface area contributed by atoms with Crippen LogP contribution in [0.2, 0.25) is 0 Å². The van der Waals surface area contributed by atoms with Crippen molar-refractivity contribution in [2.45, 2.75) is 6.61 Å². The number of nitrogens with one attached hydrogen (secondary N) is 1. The van der Waals surface area contributed by atoms with Gasteiger partial charge in [0, 0.05) is 17.1 Å². The molecule has 102 valence electrons.